The van der Waals surface area contributed by atoms with E-state index in [-0.39, 0.29) is 12.5 Å². The number of amides is 1. The predicted molar refractivity (Wildman–Crippen MR) is 99.6 cm³/mol. The number of para-hydroxylation sites is 3. The molecule has 1 aliphatic heterocycles. The Labute approximate surface area is 149 Å². The van der Waals surface area contributed by atoms with Gasteiger partial charge in [-0.05, 0) is 35.1 Å². The topological polar surface area (TPSA) is 47.6 Å². The predicted octanol–water partition coefficient (Wildman–Crippen LogP) is 4.71. The summed E-state index contributed by atoms with van der Waals surface area (Å²) >= 11 is 0. The summed E-state index contributed by atoms with van der Waals surface area (Å²) in [6.45, 7) is 8.73. The standard InChI is InChI=1S/C21H25NO3/c1-13(2)15-8-7-9-16(14(3)4)20(15)22-21(23)19-12-24-17-10-5-6-11-18(17)25-19/h5-11,13-14,19H,12H2,1-4H3,(H,22,23)/t19-/m1/s1. The molecule has 132 valence electrons. The van der Waals surface area contributed by atoms with Gasteiger partial charge in [0, 0.05) is 5.69 Å². The Hall–Kier alpha value is -2.49. The summed E-state index contributed by atoms with van der Waals surface area (Å²) in [7, 11) is 0. The van der Waals surface area contributed by atoms with Crippen molar-refractivity contribution in [2.24, 2.45) is 0 Å². The fourth-order valence-electron chi connectivity index (χ4n) is 3.05. The van der Waals surface area contributed by atoms with Gasteiger partial charge in [0.1, 0.15) is 6.61 Å². The molecule has 1 aliphatic rings. The Kier molecular flexibility index (Phi) is 4.98. The largest absolute Gasteiger partial charge is 0.485 e. The van der Waals surface area contributed by atoms with Crippen molar-refractivity contribution in [3.05, 3.63) is 53.6 Å². The van der Waals surface area contributed by atoms with Crippen molar-refractivity contribution < 1.29 is 14.3 Å². The molecule has 2 aromatic rings. The second-order valence-corrected chi connectivity index (χ2v) is 6.97. The van der Waals surface area contributed by atoms with Crippen molar-refractivity contribution >= 4 is 11.6 Å². The van der Waals surface area contributed by atoms with Crippen molar-refractivity contribution in [3.63, 3.8) is 0 Å². The first-order chi connectivity index (χ1) is 12.0. The fraction of sp³-hybridized carbons (Fsp3) is 0.381. The maximum absolute atomic E-state index is 12.8. The van der Waals surface area contributed by atoms with Crippen LogP contribution in [0.25, 0.3) is 0 Å². The number of hydrogen-bond acceptors (Lipinski definition) is 3. The van der Waals surface area contributed by atoms with Gasteiger partial charge in [-0.3, -0.25) is 4.79 Å². The first-order valence-corrected chi connectivity index (χ1v) is 8.79. The minimum Gasteiger partial charge on any atom is -0.485 e. The maximum atomic E-state index is 12.8. The molecule has 1 atom stereocenters. The van der Waals surface area contributed by atoms with E-state index in [4.69, 9.17) is 9.47 Å². The third-order valence-electron chi connectivity index (χ3n) is 4.42. The van der Waals surface area contributed by atoms with Gasteiger partial charge in [-0.15, -0.1) is 0 Å². The molecule has 0 unspecified atom stereocenters. The molecule has 1 amide bonds. The van der Waals surface area contributed by atoms with Crippen LogP contribution >= 0.6 is 0 Å². The van der Waals surface area contributed by atoms with Crippen LogP contribution in [0, 0.1) is 0 Å². The normalized spacial score (nSPS) is 16.2. The Balaban J connectivity index is 1.84. The molecular weight excluding hydrogens is 314 g/mol. The van der Waals surface area contributed by atoms with Crippen LogP contribution in [0.1, 0.15) is 50.7 Å². The minimum absolute atomic E-state index is 0.176. The second kappa shape index (κ2) is 7.18. The van der Waals surface area contributed by atoms with E-state index >= 15 is 0 Å². The lowest BCUT2D eigenvalue weighted by Gasteiger charge is -2.27. The SMILES string of the molecule is CC(C)c1cccc(C(C)C)c1NC(=O)[C@H]1COc2ccccc2O1. The minimum atomic E-state index is -0.657. The lowest BCUT2D eigenvalue weighted by atomic mass is 9.92. The van der Waals surface area contributed by atoms with Gasteiger partial charge in [-0.2, -0.15) is 0 Å². The van der Waals surface area contributed by atoms with Gasteiger partial charge in [0.2, 0.25) is 6.10 Å². The molecule has 2 aromatic carbocycles. The van der Waals surface area contributed by atoms with Crippen LogP contribution in [0.3, 0.4) is 0 Å². The fourth-order valence-corrected chi connectivity index (χ4v) is 3.05. The van der Waals surface area contributed by atoms with Gasteiger partial charge in [0.25, 0.3) is 5.91 Å². The number of anilines is 1. The highest BCUT2D eigenvalue weighted by Gasteiger charge is 2.28. The van der Waals surface area contributed by atoms with Gasteiger partial charge in [-0.1, -0.05) is 58.0 Å². The third-order valence-corrected chi connectivity index (χ3v) is 4.42. The lowest BCUT2D eigenvalue weighted by molar-refractivity contribution is -0.125. The Morgan fingerprint density at radius 1 is 0.960 bits per heavy atom. The van der Waals surface area contributed by atoms with Crippen molar-refractivity contribution in [1.29, 1.82) is 0 Å². The molecule has 0 saturated heterocycles. The summed E-state index contributed by atoms with van der Waals surface area (Å²) < 4.78 is 11.5. The molecule has 0 aromatic heterocycles. The van der Waals surface area contributed by atoms with Crippen LogP contribution in [0.4, 0.5) is 5.69 Å². The monoisotopic (exact) mass is 339 g/mol. The highest BCUT2D eigenvalue weighted by molar-refractivity contribution is 5.96. The third kappa shape index (κ3) is 3.63. The average Bonchev–Trinajstić information content (AvgIpc) is 2.61. The quantitative estimate of drug-likeness (QED) is 0.877. The summed E-state index contributed by atoms with van der Waals surface area (Å²) in [5, 5.41) is 3.10. The zero-order valence-electron chi connectivity index (χ0n) is 15.2. The van der Waals surface area contributed by atoms with Crippen molar-refractivity contribution in [2.45, 2.75) is 45.6 Å². The number of rotatable bonds is 4. The van der Waals surface area contributed by atoms with E-state index < -0.39 is 6.10 Å². The molecule has 0 saturated carbocycles. The highest BCUT2D eigenvalue weighted by Crippen LogP contribution is 2.34. The Morgan fingerprint density at radius 3 is 2.16 bits per heavy atom. The molecule has 0 bridgehead atoms. The first-order valence-electron chi connectivity index (χ1n) is 8.79. The van der Waals surface area contributed by atoms with E-state index in [0.29, 0.717) is 23.3 Å². The van der Waals surface area contributed by atoms with Gasteiger partial charge >= 0.3 is 0 Å². The van der Waals surface area contributed by atoms with Gasteiger partial charge in [0.15, 0.2) is 11.5 Å². The van der Waals surface area contributed by atoms with Crippen LogP contribution in [0.2, 0.25) is 0 Å². The number of carbonyl (C=O) groups is 1. The van der Waals surface area contributed by atoms with Crippen molar-refractivity contribution in [3.8, 4) is 11.5 Å². The van der Waals surface area contributed by atoms with E-state index in [0.717, 1.165) is 16.8 Å². The van der Waals surface area contributed by atoms with E-state index in [1.54, 1.807) is 0 Å². The zero-order valence-corrected chi connectivity index (χ0v) is 15.2. The maximum Gasteiger partial charge on any atom is 0.269 e. The molecule has 3 rings (SSSR count). The lowest BCUT2D eigenvalue weighted by Crippen LogP contribution is -2.40. The number of nitrogens with one attached hydrogen (secondary N) is 1. The molecular formula is C21H25NO3. The molecule has 0 spiro atoms. The first kappa shape index (κ1) is 17.3. The molecule has 0 radical (unpaired) electrons. The summed E-state index contributed by atoms with van der Waals surface area (Å²) in [5.41, 5.74) is 3.17. The summed E-state index contributed by atoms with van der Waals surface area (Å²) in [6.07, 6.45) is -0.657. The van der Waals surface area contributed by atoms with Crippen LogP contribution in [0.15, 0.2) is 42.5 Å². The Bertz CT molecular complexity index is 741. The molecule has 0 fully saturated rings. The van der Waals surface area contributed by atoms with Crippen molar-refractivity contribution in [1.82, 2.24) is 0 Å². The van der Waals surface area contributed by atoms with Gasteiger partial charge in [-0.25, -0.2) is 0 Å². The number of hydrogen-bond donors (Lipinski definition) is 1. The zero-order chi connectivity index (χ0) is 18.0. The Morgan fingerprint density at radius 2 is 1.56 bits per heavy atom. The van der Waals surface area contributed by atoms with Gasteiger partial charge in [0.05, 0.1) is 0 Å². The highest BCUT2D eigenvalue weighted by atomic mass is 16.6. The molecule has 0 aliphatic carbocycles. The molecule has 4 nitrogen and oxygen atoms in total. The molecule has 1 heterocycles. The summed E-state index contributed by atoms with van der Waals surface area (Å²) in [5.74, 6) is 1.74. The van der Waals surface area contributed by atoms with Crippen LogP contribution in [-0.2, 0) is 4.79 Å². The second-order valence-electron chi connectivity index (χ2n) is 6.97. The van der Waals surface area contributed by atoms with E-state index in [1.807, 2.05) is 24.3 Å². The van der Waals surface area contributed by atoms with Crippen LogP contribution < -0.4 is 14.8 Å². The van der Waals surface area contributed by atoms with Crippen LogP contribution in [-0.4, -0.2) is 18.6 Å². The molecule has 4 heteroatoms. The van der Waals surface area contributed by atoms with Gasteiger partial charge < -0.3 is 14.8 Å². The summed E-state index contributed by atoms with van der Waals surface area (Å²) in [6, 6.07) is 13.6. The number of benzene rings is 2. The van der Waals surface area contributed by atoms with Crippen LogP contribution in [0.5, 0.6) is 11.5 Å². The molecule has 1 N–H and O–H groups in total. The summed E-state index contributed by atoms with van der Waals surface area (Å²) in [4.78, 5) is 12.8. The smallest absolute Gasteiger partial charge is 0.269 e. The number of carbonyl (C=O) groups excluding carboxylic acids is 1. The average molecular weight is 339 g/mol. The number of ether oxygens (including phenoxy) is 2. The van der Waals surface area contributed by atoms with Crippen molar-refractivity contribution in [2.75, 3.05) is 11.9 Å². The van der Waals surface area contributed by atoms with E-state index in [1.165, 1.54) is 0 Å². The van der Waals surface area contributed by atoms with E-state index in [9.17, 15) is 4.79 Å². The molecule has 25 heavy (non-hydrogen) atoms. The number of fused-ring (bicyclic) bond motifs is 1. The van der Waals surface area contributed by atoms with E-state index in [2.05, 4.69) is 51.2 Å².